The highest BCUT2D eigenvalue weighted by atomic mass is 16.6. The Kier molecular flexibility index (Phi) is 5.39. The van der Waals surface area contributed by atoms with Crippen LogP contribution in [0, 0.1) is 22.7 Å². The molecule has 0 aromatic carbocycles. The summed E-state index contributed by atoms with van der Waals surface area (Å²) in [6.07, 6.45) is 2.31. The number of hydrogen-bond donors (Lipinski definition) is 2. The highest BCUT2D eigenvalue weighted by molar-refractivity contribution is 5.67. The molecule has 9 heteroatoms. The van der Waals surface area contributed by atoms with Crippen LogP contribution < -0.4 is 0 Å². The zero-order valence-corrected chi connectivity index (χ0v) is 19.2. The van der Waals surface area contributed by atoms with Crippen LogP contribution in [-0.4, -0.2) is 59.5 Å². The van der Waals surface area contributed by atoms with Crippen LogP contribution in [0.1, 0.15) is 58.1 Å². The molecule has 2 aliphatic heterocycles. The smallest absolute Gasteiger partial charge is 0.303 e. The van der Waals surface area contributed by atoms with Gasteiger partial charge >= 0.3 is 11.9 Å². The fraction of sp³-hybridized carbons (Fsp3) is 0.750. The molecule has 4 fully saturated rings. The van der Waals surface area contributed by atoms with Crippen LogP contribution in [0.5, 0.6) is 0 Å². The molecule has 5 rings (SSSR count). The van der Waals surface area contributed by atoms with Gasteiger partial charge in [0.25, 0.3) is 0 Å². The first kappa shape index (κ1) is 22.8. The van der Waals surface area contributed by atoms with Gasteiger partial charge in [-0.05, 0) is 43.6 Å². The van der Waals surface area contributed by atoms with Crippen LogP contribution in [0.2, 0.25) is 0 Å². The summed E-state index contributed by atoms with van der Waals surface area (Å²) in [6, 6.07) is 1.83. The number of rotatable bonds is 4. The Labute approximate surface area is 192 Å². The Morgan fingerprint density at radius 3 is 2.58 bits per heavy atom. The Hall–Kier alpha value is -1.94. The standard InChI is InChI=1S/C24H32O9/c1-13-8-19(27)23(11-30-14(2)25)18(4-5-20(32-15(3)26)24(23)12-31-24)22(13)9-17(33-21(22)28)16-6-7-29-10-16/h6-7,10,13,17-21,27-28H,4-5,8-9,11-12H2,1-3H3. The number of ether oxygens (including phenoxy) is 4. The van der Waals surface area contributed by atoms with Gasteiger partial charge in [-0.25, -0.2) is 0 Å². The van der Waals surface area contributed by atoms with Gasteiger partial charge in [0.15, 0.2) is 6.29 Å². The maximum absolute atomic E-state index is 11.9. The van der Waals surface area contributed by atoms with Crippen molar-refractivity contribution in [2.75, 3.05) is 13.2 Å². The number of carbonyl (C=O) groups is 2. The molecule has 0 radical (unpaired) electrons. The van der Waals surface area contributed by atoms with Crippen molar-refractivity contribution in [2.24, 2.45) is 22.7 Å². The van der Waals surface area contributed by atoms with E-state index in [2.05, 4.69) is 0 Å². The van der Waals surface area contributed by atoms with E-state index in [1.165, 1.54) is 13.8 Å². The normalized spacial score (nSPS) is 46.2. The van der Waals surface area contributed by atoms with E-state index in [1.54, 1.807) is 12.5 Å². The van der Waals surface area contributed by atoms with E-state index in [-0.39, 0.29) is 31.2 Å². The number of aliphatic hydroxyl groups excluding tert-OH is 2. The third-order valence-corrected chi connectivity index (χ3v) is 8.87. The number of furan rings is 1. The Bertz CT molecular complexity index is 909. The predicted molar refractivity (Wildman–Crippen MR) is 111 cm³/mol. The molecule has 0 amide bonds. The molecule has 2 saturated heterocycles. The third kappa shape index (κ3) is 3.12. The van der Waals surface area contributed by atoms with E-state index < -0.39 is 46.9 Å². The molecule has 2 spiro atoms. The first-order chi connectivity index (χ1) is 15.7. The molecule has 3 heterocycles. The van der Waals surface area contributed by atoms with Crippen LogP contribution in [0.25, 0.3) is 0 Å². The van der Waals surface area contributed by atoms with Gasteiger partial charge in [0.2, 0.25) is 0 Å². The highest BCUT2D eigenvalue weighted by Crippen LogP contribution is 2.72. The maximum Gasteiger partial charge on any atom is 0.303 e. The summed E-state index contributed by atoms with van der Waals surface area (Å²) >= 11 is 0. The lowest BCUT2D eigenvalue weighted by Crippen LogP contribution is -2.71. The number of aliphatic hydroxyl groups is 2. The third-order valence-electron chi connectivity index (χ3n) is 8.87. The molecule has 0 bridgehead atoms. The molecule has 4 aliphatic rings. The first-order valence-corrected chi connectivity index (χ1v) is 11.7. The van der Waals surface area contributed by atoms with Crippen molar-refractivity contribution in [1.29, 1.82) is 0 Å². The van der Waals surface area contributed by atoms with Crippen molar-refractivity contribution >= 4 is 11.9 Å². The van der Waals surface area contributed by atoms with Crippen molar-refractivity contribution in [2.45, 2.75) is 76.7 Å². The number of esters is 2. The molecule has 182 valence electrons. The minimum Gasteiger partial charge on any atom is -0.472 e. The largest absolute Gasteiger partial charge is 0.472 e. The summed E-state index contributed by atoms with van der Waals surface area (Å²) in [5.74, 6) is -1.25. The Morgan fingerprint density at radius 2 is 1.97 bits per heavy atom. The van der Waals surface area contributed by atoms with Gasteiger partial charge in [-0.1, -0.05) is 6.92 Å². The molecule has 1 aromatic rings. The first-order valence-electron chi connectivity index (χ1n) is 11.7. The van der Waals surface area contributed by atoms with Crippen LogP contribution >= 0.6 is 0 Å². The topological polar surface area (TPSA) is 128 Å². The number of carbonyl (C=O) groups excluding carboxylic acids is 2. The summed E-state index contributed by atoms with van der Waals surface area (Å²) < 4.78 is 28.6. The summed E-state index contributed by atoms with van der Waals surface area (Å²) in [7, 11) is 0. The molecular formula is C24H32O9. The summed E-state index contributed by atoms with van der Waals surface area (Å²) in [4.78, 5) is 23.8. The van der Waals surface area contributed by atoms with E-state index in [9.17, 15) is 19.8 Å². The van der Waals surface area contributed by atoms with Crippen molar-refractivity contribution in [3.63, 3.8) is 0 Å². The second kappa shape index (κ2) is 7.80. The summed E-state index contributed by atoms with van der Waals surface area (Å²) in [5.41, 5.74) is -1.88. The molecule has 2 saturated carbocycles. The van der Waals surface area contributed by atoms with E-state index >= 15 is 0 Å². The van der Waals surface area contributed by atoms with Crippen LogP contribution in [0.15, 0.2) is 23.0 Å². The van der Waals surface area contributed by atoms with Crippen molar-refractivity contribution in [3.05, 3.63) is 24.2 Å². The molecule has 1 aromatic heterocycles. The molecular weight excluding hydrogens is 432 g/mol. The average Bonchev–Trinajstić information content (AvgIpc) is 3.19. The van der Waals surface area contributed by atoms with E-state index in [0.717, 1.165) is 5.56 Å². The van der Waals surface area contributed by atoms with Crippen LogP contribution in [0.4, 0.5) is 0 Å². The number of fused-ring (bicyclic) bond motifs is 3. The van der Waals surface area contributed by atoms with Gasteiger partial charge in [0.05, 0.1) is 36.8 Å². The molecule has 9 nitrogen and oxygen atoms in total. The molecule has 2 N–H and O–H groups in total. The summed E-state index contributed by atoms with van der Waals surface area (Å²) in [6.45, 7) is 4.91. The fourth-order valence-electron chi connectivity index (χ4n) is 7.37. The quantitative estimate of drug-likeness (QED) is 0.508. The zero-order chi connectivity index (χ0) is 23.6. The number of hydrogen-bond acceptors (Lipinski definition) is 9. The van der Waals surface area contributed by atoms with Crippen LogP contribution in [0.3, 0.4) is 0 Å². The van der Waals surface area contributed by atoms with Gasteiger partial charge in [-0.15, -0.1) is 0 Å². The van der Waals surface area contributed by atoms with E-state index in [0.29, 0.717) is 25.7 Å². The second-order valence-corrected chi connectivity index (χ2v) is 10.2. The zero-order valence-electron chi connectivity index (χ0n) is 19.2. The lowest BCUT2D eigenvalue weighted by atomic mass is 9.42. The van der Waals surface area contributed by atoms with Crippen LogP contribution in [-0.2, 0) is 28.5 Å². The predicted octanol–water partition coefficient (Wildman–Crippen LogP) is 2.11. The SMILES string of the molecule is CC(=O)OCC12C(O)CC(C)C3(CC(c4ccoc4)OC3O)C1CCC(OC(C)=O)C21CO1. The second-order valence-electron chi connectivity index (χ2n) is 10.2. The lowest BCUT2D eigenvalue weighted by Gasteiger charge is -2.63. The van der Waals surface area contributed by atoms with E-state index in [1.807, 2.05) is 13.0 Å². The van der Waals surface area contributed by atoms with Gasteiger partial charge in [0.1, 0.15) is 18.3 Å². The van der Waals surface area contributed by atoms with Crippen molar-refractivity contribution in [3.8, 4) is 0 Å². The number of epoxide rings is 1. The van der Waals surface area contributed by atoms with Gasteiger partial charge in [-0.2, -0.15) is 0 Å². The maximum atomic E-state index is 11.9. The molecule has 9 atom stereocenters. The minimum atomic E-state index is -1.08. The van der Waals surface area contributed by atoms with Gasteiger partial charge < -0.3 is 33.6 Å². The van der Waals surface area contributed by atoms with Gasteiger partial charge in [-0.3, -0.25) is 9.59 Å². The summed E-state index contributed by atoms with van der Waals surface area (Å²) in [5, 5.41) is 23.0. The molecule has 33 heavy (non-hydrogen) atoms. The Balaban J connectivity index is 1.60. The molecule has 9 unspecified atom stereocenters. The molecule has 2 aliphatic carbocycles. The monoisotopic (exact) mass is 464 g/mol. The van der Waals surface area contributed by atoms with Gasteiger partial charge in [0, 0.05) is 24.8 Å². The van der Waals surface area contributed by atoms with Crippen molar-refractivity contribution in [1.82, 2.24) is 0 Å². The lowest BCUT2D eigenvalue weighted by molar-refractivity contribution is -0.274. The van der Waals surface area contributed by atoms with E-state index in [4.69, 9.17) is 23.4 Å². The minimum absolute atomic E-state index is 0.0732. The highest BCUT2D eigenvalue weighted by Gasteiger charge is 2.80. The van der Waals surface area contributed by atoms with Crippen molar-refractivity contribution < 1.29 is 43.2 Å². The Morgan fingerprint density at radius 1 is 1.21 bits per heavy atom. The fourth-order valence-corrected chi connectivity index (χ4v) is 7.37. The average molecular weight is 465 g/mol.